The molecule has 2 aromatic carbocycles. The molecule has 0 saturated carbocycles. The maximum atomic E-state index is 10.6. The van der Waals surface area contributed by atoms with Gasteiger partial charge >= 0.3 is 0 Å². The molecule has 24 heavy (non-hydrogen) atoms. The molecular weight excluding hydrogens is 300 g/mol. The number of hydrogen-bond acceptors (Lipinski definition) is 3. The van der Waals surface area contributed by atoms with Gasteiger partial charge in [0.05, 0.1) is 6.61 Å². The van der Waals surface area contributed by atoms with E-state index in [2.05, 4.69) is 12.0 Å². The van der Waals surface area contributed by atoms with Gasteiger partial charge in [0.25, 0.3) is 0 Å². The summed E-state index contributed by atoms with van der Waals surface area (Å²) < 4.78 is 7.40. The largest absolute Gasteiger partial charge is 0.504 e. The molecule has 0 unspecified atom stereocenters. The molecule has 0 radical (unpaired) electrons. The van der Waals surface area contributed by atoms with Crippen molar-refractivity contribution in [1.29, 1.82) is 0 Å². The third kappa shape index (κ3) is 3.27. The van der Waals surface area contributed by atoms with Crippen LogP contribution in [0.4, 0.5) is 0 Å². The van der Waals surface area contributed by atoms with Crippen molar-refractivity contribution in [2.45, 2.75) is 19.8 Å². The van der Waals surface area contributed by atoms with E-state index in [9.17, 15) is 5.11 Å². The van der Waals surface area contributed by atoms with Crippen molar-refractivity contribution < 1.29 is 9.84 Å². The number of unbranched alkanes of at least 4 members (excludes halogenated alkanes) is 1. The lowest BCUT2D eigenvalue weighted by molar-refractivity contribution is 0.309. The average molecular weight is 322 g/mol. The zero-order valence-corrected chi connectivity index (χ0v) is 14.1. The summed E-state index contributed by atoms with van der Waals surface area (Å²) in [4.78, 5) is 0. The van der Waals surface area contributed by atoms with Gasteiger partial charge in [0, 0.05) is 18.2 Å². The van der Waals surface area contributed by atoms with Gasteiger partial charge in [-0.2, -0.15) is 5.10 Å². The van der Waals surface area contributed by atoms with Gasteiger partial charge in [-0.25, -0.2) is 0 Å². The Kier molecular flexibility index (Phi) is 4.85. The molecule has 1 N–H and O–H groups in total. The summed E-state index contributed by atoms with van der Waals surface area (Å²) in [5, 5.41) is 15.1. The highest BCUT2D eigenvalue weighted by Gasteiger charge is 2.18. The van der Waals surface area contributed by atoms with Crippen LogP contribution in [0.15, 0.2) is 54.6 Å². The van der Waals surface area contributed by atoms with Crippen LogP contribution in [0.25, 0.3) is 22.5 Å². The van der Waals surface area contributed by atoms with Gasteiger partial charge in [-0.3, -0.25) is 4.68 Å². The molecule has 4 heteroatoms. The third-order valence-corrected chi connectivity index (χ3v) is 3.96. The van der Waals surface area contributed by atoms with E-state index in [1.807, 2.05) is 61.6 Å². The van der Waals surface area contributed by atoms with Crippen LogP contribution in [-0.4, -0.2) is 21.5 Å². The lowest BCUT2D eigenvalue weighted by Gasteiger charge is -2.07. The van der Waals surface area contributed by atoms with Gasteiger partial charge in [-0.1, -0.05) is 43.7 Å². The summed E-state index contributed by atoms with van der Waals surface area (Å²) in [5.74, 6) is 1.04. The van der Waals surface area contributed by atoms with Crippen LogP contribution in [0.1, 0.15) is 19.8 Å². The number of nitrogens with zero attached hydrogens (tertiary/aromatic N) is 2. The first-order valence-corrected chi connectivity index (χ1v) is 8.25. The summed E-state index contributed by atoms with van der Waals surface area (Å²) in [5.41, 5.74) is 3.11. The van der Waals surface area contributed by atoms with Crippen molar-refractivity contribution >= 4 is 0 Å². The number of hydrogen-bond donors (Lipinski definition) is 1. The Labute approximate surface area is 142 Å². The van der Waals surface area contributed by atoms with Gasteiger partial charge in [0.1, 0.15) is 17.1 Å². The first kappa shape index (κ1) is 16.1. The molecule has 0 bridgehead atoms. The minimum absolute atomic E-state index is 0.198. The smallest absolute Gasteiger partial charge is 0.169 e. The summed E-state index contributed by atoms with van der Waals surface area (Å²) in [6.07, 6.45) is 2.16. The van der Waals surface area contributed by atoms with Crippen LogP contribution in [0, 0.1) is 0 Å². The van der Waals surface area contributed by atoms with Crippen LogP contribution in [0.5, 0.6) is 11.5 Å². The van der Waals surface area contributed by atoms with Crippen LogP contribution in [-0.2, 0) is 7.05 Å². The molecular formula is C20H22N2O2. The molecule has 0 aliphatic carbocycles. The molecule has 0 saturated heterocycles. The summed E-state index contributed by atoms with van der Waals surface area (Å²) in [6.45, 7) is 2.87. The van der Waals surface area contributed by atoms with Gasteiger partial charge < -0.3 is 9.84 Å². The van der Waals surface area contributed by atoms with E-state index in [0.717, 1.165) is 36.3 Å². The number of aryl methyl sites for hydroxylation is 1. The van der Waals surface area contributed by atoms with Crippen molar-refractivity contribution in [3.63, 3.8) is 0 Å². The molecule has 0 amide bonds. The average Bonchev–Trinajstić information content (AvgIpc) is 2.91. The van der Waals surface area contributed by atoms with E-state index < -0.39 is 0 Å². The number of rotatable bonds is 6. The van der Waals surface area contributed by atoms with E-state index in [1.54, 1.807) is 4.68 Å². The quantitative estimate of drug-likeness (QED) is 0.673. The van der Waals surface area contributed by atoms with Gasteiger partial charge in [0.2, 0.25) is 0 Å². The molecule has 1 aromatic heterocycles. The fourth-order valence-corrected chi connectivity index (χ4v) is 2.67. The highest BCUT2D eigenvalue weighted by molar-refractivity contribution is 5.78. The van der Waals surface area contributed by atoms with Crippen molar-refractivity contribution in [3.05, 3.63) is 54.6 Å². The zero-order chi connectivity index (χ0) is 16.9. The zero-order valence-electron chi connectivity index (χ0n) is 14.1. The fraction of sp³-hybridized carbons (Fsp3) is 0.250. The molecule has 0 fully saturated rings. The maximum absolute atomic E-state index is 10.6. The normalized spacial score (nSPS) is 10.8. The van der Waals surface area contributed by atoms with Crippen LogP contribution in [0.3, 0.4) is 0 Å². The van der Waals surface area contributed by atoms with E-state index >= 15 is 0 Å². The number of aromatic hydroxyl groups is 1. The Balaban J connectivity index is 1.88. The van der Waals surface area contributed by atoms with Gasteiger partial charge in [0.15, 0.2) is 5.75 Å². The molecule has 0 aliphatic heterocycles. The number of ether oxygens (including phenoxy) is 1. The Morgan fingerprint density at radius 3 is 2.38 bits per heavy atom. The second-order valence-electron chi connectivity index (χ2n) is 5.76. The summed E-state index contributed by atoms with van der Waals surface area (Å²) in [6, 6.07) is 17.5. The molecule has 3 rings (SSSR count). The summed E-state index contributed by atoms with van der Waals surface area (Å²) in [7, 11) is 1.84. The maximum Gasteiger partial charge on any atom is 0.169 e. The molecule has 0 atom stereocenters. The second kappa shape index (κ2) is 7.21. The predicted octanol–water partition coefficient (Wildman–Crippen LogP) is 4.64. The van der Waals surface area contributed by atoms with Gasteiger partial charge in [-0.05, 0) is 30.7 Å². The molecule has 3 aromatic rings. The second-order valence-corrected chi connectivity index (χ2v) is 5.76. The van der Waals surface area contributed by atoms with Crippen LogP contribution >= 0.6 is 0 Å². The minimum Gasteiger partial charge on any atom is -0.504 e. The molecule has 0 aliphatic rings. The molecule has 1 heterocycles. The van der Waals surface area contributed by atoms with Gasteiger partial charge in [-0.15, -0.1) is 0 Å². The fourth-order valence-electron chi connectivity index (χ4n) is 2.67. The monoisotopic (exact) mass is 322 g/mol. The Morgan fingerprint density at radius 1 is 1.00 bits per heavy atom. The van der Waals surface area contributed by atoms with Crippen molar-refractivity contribution in [3.8, 4) is 34.0 Å². The lowest BCUT2D eigenvalue weighted by Crippen LogP contribution is -1.97. The first-order chi connectivity index (χ1) is 11.7. The third-order valence-electron chi connectivity index (χ3n) is 3.96. The highest BCUT2D eigenvalue weighted by atomic mass is 16.5. The highest BCUT2D eigenvalue weighted by Crippen LogP contribution is 2.37. The van der Waals surface area contributed by atoms with E-state index in [4.69, 9.17) is 4.74 Å². The minimum atomic E-state index is 0.198. The van der Waals surface area contributed by atoms with Crippen LogP contribution in [0.2, 0.25) is 0 Å². The summed E-state index contributed by atoms with van der Waals surface area (Å²) >= 11 is 0. The lowest BCUT2D eigenvalue weighted by atomic mass is 10.1. The van der Waals surface area contributed by atoms with E-state index in [1.165, 1.54) is 0 Å². The predicted molar refractivity (Wildman–Crippen MR) is 96.1 cm³/mol. The SMILES string of the molecule is CCCCOc1ccc(-c2c(O)c(-c3ccccc3)nn2C)cc1. The van der Waals surface area contributed by atoms with E-state index in [0.29, 0.717) is 11.4 Å². The Bertz CT molecular complexity index is 793. The molecule has 4 nitrogen and oxygen atoms in total. The standard InChI is InChI=1S/C20H22N2O2/c1-3-4-14-24-17-12-10-16(11-13-17)19-20(23)18(21-22(19)2)15-8-6-5-7-9-15/h5-13,23H,3-4,14H2,1-2H3. The number of aromatic nitrogens is 2. The number of benzene rings is 2. The van der Waals surface area contributed by atoms with E-state index in [-0.39, 0.29) is 5.75 Å². The Morgan fingerprint density at radius 2 is 1.71 bits per heavy atom. The first-order valence-electron chi connectivity index (χ1n) is 8.25. The Hall–Kier alpha value is -2.75. The topological polar surface area (TPSA) is 47.3 Å². The van der Waals surface area contributed by atoms with Crippen molar-refractivity contribution in [2.24, 2.45) is 7.05 Å². The van der Waals surface area contributed by atoms with Crippen molar-refractivity contribution in [2.75, 3.05) is 6.61 Å². The molecule has 124 valence electrons. The molecule has 0 spiro atoms. The van der Waals surface area contributed by atoms with Crippen LogP contribution < -0.4 is 4.74 Å². The van der Waals surface area contributed by atoms with Crippen molar-refractivity contribution in [1.82, 2.24) is 9.78 Å².